The second-order valence-electron chi connectivity index (χ2n) is 3.41. The van der Waals surface area contributed by atoms with E-state index in [-0.39, 0.29) is 6.61 Å². The van der Waals surface area contributed by atoms with Crippen LogP contribution < -0.4 is 0 Å². The Kier molecular flexibility index (Phi) is 6.45. The Morgan fingerprint density at radius 2 is 2.00 bits per heavy atom. The summed E-state index contributed by atoms with van der Waals surface area (Å²) in [4.78, 5) is 1.01. The number of ether oxygens (including phenoxy) is 1. The first-order valence-corrected chi connectivity index (χ1v) is 6.04. The number of rotatable bonds is 7. The van der Waals surface area contributed by atoms with Gasteiger partial charge in [0.1, 0.15) is 12.8 Å². The van der Waals surface area contributed by atoms with Crippen LogP contribution in [0.5, 0.6) is 0 Å². The van der Waals surface area contributed by atoms with Gasteiger partial charge in [0, 0.05) is 23.5 Å². The molecule has 4 heteroatoms. The lowest BCUT2D eigenvalue weighted by molar-refractivity contribution is 0.0173. The van der Waals surface area contributed by atoms with Crippen LogP contribution in [0.2, 0.25) is 0 Å². The van der Waals surface area contributed by atoms with Gasteiger partial charge in [-0.15, -0.1) is 0 Å². The maximum absolute atomic E-state index is 12.4. The summed E-state index contributed by atoms with van der Waals surface area (Å²) in [6, 6.07) is 7.98. The van der Waals surface area contributed by atoms with Crippen molar-refractivity contribution >= 4 is 12.0 Å². The maximum atomic E-state index is 12.4. The fourth-order valence-electron chi connectivity index (χ4n) is 1.14. The third-order valence-electron chi connectivity index (χ3n) is 2.00. The summed E-state index contributed by atoms with van der Waals surface area (Å²) in [6.45, 7) is 4.14. The van der Waals surface area contributed by atoms with Crippen LogP contribution in [0.15, 0.2) is 29.2 Å². The van der Waals surface area contributed by atoms with Crippen molar-refractivity contribution in [3.63, 3.8) is 0 Å². The Morgan fingerprint density at radius 1 is 1.31 bits per heavy atom. The largest absolute Gasteiger partial charge is 0.373 e. The molecular weight excluding hydrogens is 227 g/mol. The van der Waals surface area contributed by atoms with Crippen molar-refractivity contribution < 1.29 is 13.3 Å². The topological polar surface area (TPSA) is 18.5 Å². The second-order valence-corrected chi connectivity index (χ2v) is 4.29. The van der Waals surface area contributed by atoms with E-state index >= 15 is 0 Å². The summed E-state index contributed by atoms with van der Waals surface area (Å²) in [5.74, 6) is 0. The standard InChI is InChI=1S/C12H17FO2S/c1-3-14-11(8-13)9-15-16-12-6-4-10(2)5-7-12/h4-7,11H,3,8-9H2,1-2H3/t11-/m1/s1. The van der Waals surface area contributed by atoms with Gasteiger partial charge in [0.05, 0.1) is 6.61 Å². The molecule has 1 aromatic rings. The third kappa shape index (κ3) is 4.96. The Bertz CT molecular complexity index is 290. The van der Waals surface area contributed by atoms with Crippen molar-refractivity contribution in [1.29, 1.82) is 0 Å². The first-order valence-electron chi connectivity index (χ1n) is 5.30. The molecule has 0 saturated heterocycles. The predicted molar refractivity (Wildman–Crippen MR) is 64.4 cm³/mol. The number of hydrogen-bond donors (Lipinski definition) is 0. The molecule has 0 radical (unpaired) electrons. The monoisotopic (exact) mass is 244 g/mol. The summed E-state index contributed by atoms with van der Waals surface area (Å²) in [5, 5.41) is 0. The van der Waals surface area contributed by atoms with Crippen LogP contribution in [0.25, 0.3) is 0 Å². The van der Waals surface area contributed by atoms with Gasteiger partial charge in [-0.1, -0.05) is 17.7 Å². The molecule has 0 aromatic heterocycles. The highest BCUT2D eigenvalue weighted by Gasteiger charge is 2.08. The minimum atomic E-state index is -0.512. The van der Waals surface area contributed by atoms with E-state index in [4.69, 9.17) is 8.92 Å². The van der Waals surface area contributed by atoms with Crippen molar-refractivity contribution in [3.8, 4) is 0 Å². The molecule has 2 nitrogen and oxygen atoms in total. The molecule has 1 atom stereocenters. The van der Waals surface area contributed by atoms with Crippen LogP contribution in [-0.2, 0) is 8.92 Å². The van der Waals surface area contributed by atoms with Crippen LogP contribution >= 0.6 is 12.0 Å². The molecule has 0 bridgehead atoms. The zero-order valence-electron chi connectivity index (χ0n) is 9.61. The van der Waals surface area contributed by atoms with E-state index in [9.17, 15) is 4.39 Å². The van der Waals surface area contributed by atoms with E-state index in [1.165, 1.54) is 17.6 Å². The normalized spacial score (nSPS) is 12.7. The number of alkyl halides is 1. The van der Waals surface area contributed by atoms with Gasteiger partial charge in [0.25, 0.3) is 0 Å². The van der Waals surface area contributed by atoms with Gasteiger partial charge in [-0.25, -0.2) is 4.39 Å². The molecule has 0 aliphatic carbocycles. The molecule has 0 saturated carbocycles. The fraction of sp³-hybridized carbons (Fsp3) is 0.500. The minimum absolute atomic E-state index is 0.267. The summed E-state index contributed by atoms with van der Waals surface area (Å²) >= 11 is 1.25. The lowest BCUT2D eigenvalue weighted by atomic mass is 10.2. The number of aryl methyl sites for hydroxylation is 1. The number of benzene rings is 1. The molecule has 1 aromatic carbocycles. The van der Waals surface area contributed by atoms with Gasteiger partial charge in [-0.2, -0.15) is 0 Å². The number of hydrogen-bond acceptors (Lipinski definition) is 3. The summed E-state index contributed by atoms with van der Waals surface area (Å²) in [7, 11) is 0. The Hall–Kier alpha value is -0.580. The molecule has 0 amide bonds. The van der Waals surface area contributed by atoms with Gasteiger partial charge in [-0.05, 0) is 26.0 Å². The van der Waals surface area contributed by atoms with E-state index in [2.05, 4.69) is 0 Å². The van der Waals surface area contributed by atoms with E-state index in [1.54, 1.807) is 0 Å². The van der Waals surface area contributed by atoms with Crippen molar-refractivity contribution in [1.82, 2.24) is 0 Å². The van der Waals surface area contributed by atoms with Gasteiger partial charge in [-0.3, -0.25) is 0 Å². The number of halogens is 1. The molecule has 0 unspecified atom stereocenters. The molecule has 0 heterocycles. The second kappa shape index (κ2) is 7.65. The molecule has 0 aliphatic heterocycles. The summed E-state index contributed by atoms with van der Waals surface area (Å²) in [6.07, 6.45) is -0.456. The van der Waals surface area contributed by atoms with Crippen LogP contribution in [0.1, 0.15) is 12.5 Å². The molecule has 90 valence electrons. The van der Waals surface area contributed by atoms with E-state index in [0.29, 0.717) is 6.61 Å². The van der Waals surface area contributed by atoms with E-state index in [0.717, 1.165) is 4.90 Å². The van der Waals surface area contributed by atoms with Crippen LogP contribution in [0.4, 0.5) is 4.39 Å². The molecule has 1 rings (SSSR count). The lowest BCUT2D eigenvalue weighted by Crippen LogP contribution is -2.20. The van der Waals surface area contributed by atoms with Gasteiger partial charge < -0.3 is 8.92 Å². The zero-order chi connectivity index (χ0) is 11.8. The van der Waals surface area contributed by atoms with Gasteiger partial charge in [0.15, 0.2) is 0 Å². The fourth-order valence-corrected chi connectivity index (χ4v) is 1.75. The van der Waals surface area contributed by atoms with Crippen molar-refractivity contribution in [2.75, 3.05) is 19.9 Å². The highest BCUT2D eigenvalue weighted by Crippen LogP contribution is 2.19. The molecule has 0 N–H and O–H groups in total. The van der Waals surface area contributed by atoms with Crippen molar-refractivity contribution in [3.05, 3.63) is 29.8 Å². The van der Waals surface area contributed by atoms with Gasteiger partial charge >= 0.3 is 0 Å². The molecule has 0 fully saturated rings. The Labute approximate surface area is 100 Å². The van der Waals surface area contributed by atoms with Crippen molar-refractivity contribution in [2.45, 2.75) is 24.8 Å². The van der Waals surface area contributed by atoms with Gasteiger partial charge in [0.2, 0.25) is 0 Å². The molecule has 0 spiro atoms. The SMILES string of the molecule is CCO[C@H](CF)COSc1ccc(C)cc1. The molecule has 0 aliphatic rings. The smallest absolute Gasteiger partial charge is 0.118 e. The maximum Gasteiger partial charge on any atom is 0.118 e. The molecular formula is C12H17FO2S. The highest BCUT2D eigenvalue weighted by molar-refractivity contribution is 7.94. The average molecular weight is 244 g/mol. The average Bonchev–Trinajstić information content (AvgIpc) is 2.30. The zero-order valence-corrected chi connectivity index (χ0v) is 10.4. The Balaban J connectivity index is 2.26. The predicted octanol–water partition coefficient (Wildman–Crippen LogP) is 3.39. The van der Waals surface area contributed by atoms with Crippen LogP contribution in [-0.4, -0.2) is 26.0 Å². The quantitative estimate of drug-likeness (QED) is 0.685. The van der Waals surface area contributed by atoms with Crippen molar-refractivity contribution in [2.24, 2.45) is 0 Å². The van der Waals surface area contributed by atoms with Crippen LogP contribution in [0, 0.1) is 6.92 Å². The Morgan fingerprint density at radius 3 is 2.56 bits per heavy atom. The van der Waals surface area contributed by atoms with E-state index < -0.39 is 12.8 Å². The highest BCUT2D eigenvalue weighted by atomic mass is 32.2. The van der Waals surface area contributed by atoms with E-state index in [1.807, 2.05) is 38.1 Å². The van der Waals surface area contributed by atoms with Crippen LogP contribution in [0.3, 0.4) is 0 Å². The minimum Gasteiger partial charge on any atom is -0.373 e. The summed E-state index contributed by atoms with van der Waals surface area (Å²) < 4.78 is 22.9. The first-order chi connectivity index (χ1) is 7.76. The summed E-state index contributed by atoms with van der Waals surface area (Å²) in [5.41, 5.74) is 1.21. The first kappa shape index (κ1) is 13.5. The lowest BCUT2D eigenvalue weighted by Gasteiger charge is -2.12. The third-order valence-corrected chi connectivity index (χ3v) is 2.72. The molecule has 16 heavy (non-hydrogen) atoms.